The third kappa shape index (κ3) is 4.25. The number of likely N-dealkylation sites (N-methyl/N-ethyl adjacent to an activating group) is 1. The van der Waals surface area contributed by atoms with Crippen LogP contribution >= 0.6 is 0 Å². The smallest absolute Gasteiger partial charge is 0.374 e. The number of carbonyl (C=O) groups is 1. The van der Waals surface area contributed by atoms with E-state index in [1.165, 1.54) is 25.2 Å². The monoisotopic (exact) mass is 351 g/mol. The first-order chi connectivity index (χ1) is 10.4. The van der Waals surface area contributed by atoms with Crippen molar-refractivity contribution in [2.24, 2.45) is 5.92 Å². The molecule has 1 aromatic carbocycles. The summed E-state index contributed by atoms with van der Waals surface area (Å²) >= 11 is 0. The minimum absolute atomic E-state index is 0.118. The topological polar surface area (TPSA) is 63.7 Å². The highest BCUT2D eigenvalue weighted by molar-refractivity contribution is 7.88. The largest absolute Gasteiger partial charge is 0.534 e. The quantitative estimate of drug-likeness (QED) is 0.465. The van der Waals surface area contributed by atoms with Crippen molar-refractivity contribution in [3.05, 3.63) is 36.4 Å². The van der Waals surface area contributed by atoms with Gasteiger partial charge in [-0.1, -0.05) is 32.6 Å². The molecule has 0 unspecified atom stereocenters. The fraction of sp³-hybridized carbons (Fsp3) is 0.357. The van der Waals surface area contributed by atoms with E-state index >= 15 is 0 Å². The van der Waals surface area contributed by atoms with Crippen LogP contribution < -0.4 is 9.08 Å². The minimum Gasteiger partial charge on any atom is -0.374 e. The Kier molecular flexibility index (Phi) is 5.47. The van der Waals surface area contributed by atoms with Crippen molar-refractivity contribution in [2.75, 3.05) is 11.9 Å². The molecule has 5 nitrogen and oxygen atoms in total. The highest BCUT2D eigenvalue weighted by Crippen LogP contribution is 2.33. The lowest BCUT2D eigenvalue weighted by atomic mass is 10.0. The number of rotatable bonds is 5. The highest BCUT2D eigenvalue weighted by Gasteiger charge is 2.49. The number of hydrogen-bond donors (Lipinski definition) is 0. The number of amides is 1. The Morgan fingerprint density at radius 1 is 1.26 bits per heavy atom. The molecule has 0 aliphatic rings. The van der Waals surface area contributed by atoms with Crippen molar-refractivity contribution in [3.8, 4) is 5.75 Å². The van der Waals surface area contributed by atoms with Crippen LogP contribution in [0.4, 0.5) is 18.9 Å². The van der Waals surface area contributed by atoms with E-state index < -0.39 is 27.3 Å². The van der Waals surface area contributed by atoms with Crippen LogP contribution in [0, 0.1) is 5.92 Å². The van der Waals surface area contributed by atoms with Gasteiger partial charge >= 0.3 is 15.6 Å². The molecule has 0 saturated heterocycles. The van der Waals surface area contributed by atoms with Gasteiger partial charge in [-0.15, -0.1) is 0 Å². The van der Waals surface area contributed by atoms with Crippen LogP contribution in [-0.4, -0.2) is 26.9 Å². The second-order valence-electron chi connectivity index (χ2n) is 5.00. The number of carbonyl (C=O) groups excluding carboxylic acids is 1. The van der Waals surface area contributed by atoms with Gasteiger partial charge in [0.2, 0.25) is 0 Å². The van der Waals surface area contributed by atoms with Crippen molar-refractivity contribution in [3.63, 3.8) is 0 Å². The summed E-state index contributed by atoms with van der Waals surface area (Å²) in [6, 6.07) is 5.03. The first-order valence-electron chi connectivity index (χ1n) is 6.45. The third-order valence-electron chi connectivity index (χ3n) is 2.99. The van der Waals surface area contributed by atoms with Gasteiger partial charge < -0.3 is 9.08 Å². The molecule has 1 amide bonds. The van der Waals surface area contributed by atoms with Crippen molar-refractivity contribution in [2.45, 2.75) is 19.4 Å². The fourth-order valence-electron chi connectivity index (χ4n) is 1.54. The van der Waals surface area contributed by atoms with E-state index in [4.69, 9.17) is 0 Å². The molecule has 23 heavy (non-hydrogen) atoms. The SMILES string of the molecule is C=C(C(=O)N(C)c1ccccc1OS(=O)(=O)C(F)(F)F)C(C)C. The second-order valence-corrected chi connectivity index (χ2v) is 6.53. The van der Waals surface area contributed by atoms with Gasteiger partial charge in [0.15, 0.2) is 5.75 Å². The number of benzene rings is 1. The Hall–Kier alpha value is -2.03. The number of halogens is 3. The normalized spacial score (nSPS) is 12.1. The summed E-state index contributed by atoms with van der Waals surface area (Å²) in [6.45, 7) is 7.07. The zero-order valence-corrected chi connectivity index (χ0v) is 13.5. The number of para-hydroxylation sites is 2. The van der Waals surface area contributed by atoms with E-state index in [0.717, 1.165) is 11.0 Å². The van der Waals surface area contributed by atoms with E-state index in [-0.39, 0.29) is 17.2 Å². The predicted molar refractivity (Wildman–Crippen MR) is 79.4 cm³/mol. The van der Waals surface area contributed by atoms with Crippen LogP contribution in [0.25, 0.3) is 0 Å². The molecule has 0 saturated carbocycles. The first-order valence-corrected chi connectivity index (χ1v) is 7.86. The molecule has 128 valence electrons. The summed E-state index contributed by atoms with van der Waals surface area (Å²) in [6.07, 6.45) is 0. The van der Waals surface area contributed by atoms with Crippen LogP contribution in [0.3, 0.4) is 0 Å². The number of anilines is 1. The molecule has 0 bridgehead atoms. The summed E-state index contributed by atoms with van der Waals surface area (Å²) in [5.41, 5.74) is -5.46. The zero-order chi connectivity index (χ0) is 18.0. The molecule has 0 heterocycles. The van der Waals surface area contributed by atoms with E-state index in [0.29, 0.717) is 0 Å². The Bertz CT molecular complexity index is 711. The first kappa shape index (κ1) is 19.0. The van der Waals surface area contributed by atoms with Gasteiger partial charge in [0.1, 0.15) is 0 Å². The molecule has 0 aliphatic carbocycles. The molecule has 0 fully saturated rings. The highest BCUT2D eigenvalue weighted by atomic mass is 32.2. The molecule has 0 radical (unpaired) electrons. The van der Waals surface area contributed by atoms with Gasteiger partial charge in [0, 0.05) is 12.6 Å². The third-order valence-corrected chi connectivity index (χ3v) is 3.95. The number of alkyl halides is 3. The summed E-state index contributed by atoms with van der Waals surface area (Å²) in [7, 11) is -4.54. The van der Waals surface area contributed by atoms with Gasteiger partial charge in [-0.2, -0.15) is 21.6 Å². The Balaban J connectivity index is 3.22. The van der Waals surface area contributed by atoms with E-state index in [1.807, 2.05) is 0 Å². The van der Waals surface area contributed by atoms with Crippen LogP contribution in [0.15, 0.2) is 36.4 Å². The van der Waals surface area contributed by atoms with Gasteiger partial charge in [-0.05, 0) is 18.1 Å². The molecule has 0 spiro atoms. The molecule has 0 N–H and O–H groups in total. The van der Waals surface area contributed by atoms with Gasteiger partial charge in [0.05, 0.1) is 5.69 Å². The molecule has 1 aromatic rings. The maximum absolute atomic E-state index is 12.4. The molecular weight excluding hydrogens is 335 g/mol. The lowest BCUT2D eigenvalue weighted by Crippen LogP contribution is -2.31. The minimum atomic E-state index is -5.83. The molecule has 1 rings (SSSR count). The summed E-state index contributed by atoms with van der Waals surface area (Å²) < 4.78 is 63.7. The Morgan fingerprint density at radius 3 is 2.26 bits per heavy atom. The Morgan fingerprint density at radius 2 is 1.78 bits per heavy atom. The molecule has 9 heteroatoms. The Labute approximate surface area is 132 Å². The molecule has 0 atom stereocenters. The van der Waals surface area contributed by atoms with Gasteiger partial charge in [-0.25, -0.2) is 0 Å². The van der Waals surface area contributed by atoms with Gasteiger partial charge in [-0.3, -0.25) is 4.79 Å². The molecular formula is C14H16F3NO4S. The van der Waals surface area contributed by atoms with Crippen LogP contribution in [0.1, 0.15) is 13.8 Å². The fourth-order valence-corrected chi connectivity index (χ4v) is 2.01. The van der Waals surface area contributed by atoms with Crippen molar-refractivity contribution in [1.82, 2.24) is 0 Å². The van der Waals surface area contributed by atoms with Crippen LogP contribution in [-0.2, 0) is 14.9 Å². The maximum atomic E-state index is 12.4. The van der Waals surface area contributed by atoms with Crippen molar-refractivity contribution >= 4 is 21.7 Å². The average molecular weight is 351 g/mol. The molecule has 0 aliphatic heterocycles. The number of nitrogens with zero attached hydrogens (tertiary/aromatic N) is 1. The lowest BCUT2D eigenvalue weighted by Gasteiger charge is -2.22. The number of hydrogen-bond acceptors (Lipinski definition) is 4. The van der Waals surface area contributed by atoms with Gasteiger partial charge in [0.25, 0.3) is 5.91 Å². The zero-order valence-electron chi connectivity index (χ0n) is 12.7. The summed E-state index contributed by atoms with van der Waals surface area (Å²) in [4.78, 5) is 13.2. The molecule has 0 aromatic heterocycles. The summed E-state index contributed by atoms with van der Waals surface area (Å²) in [5, 5.41) is 0. The van der Waals surface area contributed by atoms with E-state index in [9.17, 15) is 26.4 Å². The van der Waals surface area contributed by atoms with Crippen molar-refractivity contribution < 1.29 is 30.6 Å². The van der Waals surface area contributed by atoms with Crippen molar-refractivity contribution in [1.29, 1.82) is 0 Å². The van der Waals surface area contributed by atoms with Crippen LogP contribution in [0.5, 0.6) is 5.75 Å². The predicted octanol–water partition coefficient (Wildman–Crippen LogP) is 3.09. The summed E-state index contributed by atoms with van der Waals surface area (Å²) in [5.74, 6) is -1.34. The van der Waals surface area contributed by atoms with E-state index in [2.05, 4.69) is 10.8 Å². The standard InChI is InChI=1S/C14H16F3NO4S/c1-9(2)10(3)13(19)18(4)11-7-5-6-8-12(11)22-23(20,21)14(15,16)17/h5-9H,3H2,1-2,4H3. The van der Waals surface area contributed by atoms with E-state index in [1.54, 1.807) is 13.8 Å². The van der Waals surface area contributed by atoms with Crippen LogP contribution in [0.2, 0.25) is 0 Å². The average Bonchev–Trinajstić information content (AvgIpc) is 2.43. The lowest BCUT2D eigenvalue weighted by molar-refractivity contribution is -0.115. The second kappa shape index (κ2) is 6.61. The maximum Gasteiger partial charge on any atom is 0.534 e.